The summed E-state index contributed by atoms with van der Waals surface area (Å²) in [5.41, 5.74) is 2.25. The van der Waals surface area contributed by atoms with Crippen molar-refractivity contribution in [2.45, 2.75) is 6.54 Å². The van der Waals surface area contributed by atoms with Crippen LogP contribution < -0.4 is 9.64 Å². The molecule has 0 fully saturated rings. The van der Waals surface area contributed by atoms with Crippen LogP contribution in [0.5, 0.6) is 5.75 Å². The molecule has 1 heterocycles. The summed E-state index contributed by atoms with van der Waals surface area (Å²) in [6.07, 6.45) is 0. The topological polar surface area (TPSA) is 42.4 Å². The minimum absolute atomic E-state index is 0.216. The number of carbonyl (C=O) groups is 1. The molecule has 4 aromatic rings. The van der Waals surface area contributed by atoms with Gasteiger partial charge in [0.1, 0.15) is 5.75 Å². The fourth-order valence-electron chi connectivity index (χ4n) is 2.99. The number of carbonyl (C=O) groups excluding carboxylic acids is 1. The number of rotatable bonds is 5. The van der Waals surface area contributed by atoms with Gasteiger partial charge in [-0.05, 0) is 42.0 Å². The van der Waals surface area contributed by atoms with Gasteiger partial charge in [-0.25, -0.2) is 4.98 Å². The van der Waals surface area contributed by atoms with Gasteiger partial charge in [-0.15, -0.1) is 0 Å². The number of hydrogen-bond acceptors (Lipinski definition) is 4. The molecule has 1 aromatic heterocycles. The van der Waals surface area contributed by atoms with Gasteiger partial charge in [0.2, 0.25) is 0 Å². The van der Waals surface area contributed by atoms with Crippen LogP contribution in [0.15, 0.2) is 71.2 Å². The molecule has 0 aliphatic rings. The Morgan fingerprint density at radius 1 is 1.14 bits per heavy atom. The van der Waals surface area contributed by atoms with Gasteiger partial charge >= 0.3 is 0 Å². The van der Waals surface area contributed by atoms with E-state index < -0.39 is 0 Å². The lowest BCUT2D eigenvalue weighted by atomic mass is 10.1. The number of benzene rings is 3. The molecule has 0 saturated carbocycles. The van der Waals surface area contributed by atoms with Crippen molar-refractivity contribution in [3.63, 3.8) is 0 Å². The fraction of sp³-hybridized carbons (Fsp3) is 0.0909. The molecule has 0 atom stereocenters. The van der Waals surface area contributed by atoms with Crippen molar-refractivity contribution in [2.75, 3.05) is 12.0 Å². The van der Waals surface area contributed by atoms with Crippen molar-refractivity contribution in [3.8, 4) is 5.75 Å². The van der Waals surface area contributed by atoms with Crippen LogP contribution in [0.4, 0.5) is 5.13 Å². The first kappa shape index (κ1) is 19.9. The summed E-state index contributed by atoms with van der Waals surface area (Å²) < 4.78 is 7.37. The van der Waals surface area contributed by atoms with Crippen LogP contribution in [-0.2, 0) is 6.54 Å². The summed E-state index contributed by atoms with van der Waals surface area (Å²) in [7, 11) is 1.54. The molecule has 0 aliphatic heterocycles. The number of aromatic nitrogens is 1. The van der Waals surface area contributed by atoms with Crippen LogP contribution in [0.2, 0.25) is 5.02 Å². The maximum absolute atomic E-state index is 13.6. The molecule has 1 amide bonds. The molecular formula is C22H16BrClN2O2S. The van der Waals surface area contributed by atoms with Crippen molar-refractivity contribution in [3.05, 3.63) is 87.4 Å². The Balaban J connectivity index is 1.81. The Morgan fingerprint density at radius 3 is 2.69 bits per heavy atom. The molecule has 4 nitrogen and oxygen atoms in total. The molecule has 4 rings (SSSR count). The molecule has 7 heteroatoms. The van der Waals surface area contributed by atoms with E-state index >= 15 is 0 Å². The predicted molar refractivity (Wildman–Crippen MR) is 122 cm³/mol. The molecule has 0 saturated heterocycles. The van der Waals surface area contributed by atoms with Crippen LogP contribution in [0.1, 0.15) is 15.9 Å². The van der Waals surface area contributed by atoms with Gasteiger partial charge in [0, 0.05) is 9.50 Å². The number of thiazole rings is 1. The van der Waals surface area contributed by atoms with E-state index in [1.807, 2.05) is 48.5 Å². The highest BCUT2D eigenvalue weighted by atomic mass is 79.9. The third kappa shape index (κ3) is 4.29. The highest BCUT2D eigenvalue weighted by molar-refractivity contribution is 9.10. The number of methoxy groups -OCH3 is 1. The van der Waals surface area contributed by atoms with E-state index in [0.717, 1.165) is 20.3 Å². The number of fused-ring (bicyclic) bond motifs is 1. The van der Waals surface area contributed by atoms with Gasteiger partial charge in [-0.1, -0.05) is 69.2 Å². The summed E-state index contributed by atoms with van der Waals surface area (Å²) in [6.45, 7) is 0.385. The number of hydrogen-bond donors (Lipinski definition) is 0. The number of anilines is 1. The minimum Gasteiger partial charge on any atom is -0.496 e. The summed E-state index contributed by atoms with van der Waals surface area (Å²) in [5.74, 6) is 0.257. The first-order valence-corrected chi connectivity index (χ1v) is 10.8. The van der Waals surface area contributed by atoms with E-state index in [9.17, 15) is 4.79 Å². The molecular weight excluding hydrogens is 472 g/mol. The second-order valence-corrected chi connectivity index (χ2v) is 8.69. The smallest absolute Gasteiger partial charge is 0.264 e. The van der Waals surface area contributed by atoms with E-state index in [-0.39, 0.29) is 5.91 Å². The van der Waals surface area contributed by atoms with Crippen LogP contribution in [-0.4, -0.2) is 18.0 Å². The molecule has 0 unspecified atom stereocenters. The van der Waals surface area contributed by atoms with Crippen LogP contribution in [0.3, 0.4) is 0 Å². The Kier molecular flexibility index (Phi) is 5.85. The zero-order chi connectivity index (χ0) is 20.4. The van der Waals surface area contributed by atoms with E-state index in [1.54, 1.807) is 23.1 Å². The highest BCUT2D eigenvalue weighted by Crippen LogP contribution is 2.34. The average molecular weight is 488 g/mol. The van der Waals surface area contributed by atoms with E-state index in [4.69, 9.17) is 21.3 Å². The number of nitrogens with zero attached hydrogens (tertiary/aromatic N) is 2. The quantitative estimate of drug-likeness (QED) is 0.320. The standard InChI is InChI=1S/C22H16BrClN2O2S/c1-28-19-10-8-16(24)12-17(19)21(27)26(13-14-5-3-2-4-6-14)22-25-18-9-7-15(23)11-20(18)29-22/h2-12H,13H2,1H3. The Morgan fingerprint density at radius 2 is 1.93 bits per heavy atom. The SMILES string of the molecule is COc1ccc(Cl)cc1C(=O)N(Cc1ccccc1)c1nc2ccc(Br)cc2s1. The van der Waals surface area contributed by atoms with Crippen molar-refractivity contribution in [2.24, 2.45) is 0 Å². The Bertz CT molecular complexity index is 1180. The summed E-state index contributed by atoms with van der Waals surface area (Å²) in [4.78, 5) is 19.9. The number of ether oxygens (including phenoxy) is 1. The van der Waals surface area contributed by atoms with Crippen molar-refractivity contribution < 1.29 is 9.53 Å². The molecule has 0 radical (unpaired) electrons. The first-order valence-electron chi connectivity index (χ1n) is 8.80. The van der Waals surface area contributed by atoms with E-state index in [2.05, 4.69) is 15.9 Å². The number of amides is 1. The van der Waals surface area contributed by atoms with Gasteiger partial charge < -0.3 is 4.74 Å². The minimum atomic E-state index is -0.216. The van der Waals surface area contributed by atoms with Gasteiger partial charge in [0.25, 0.3) is 5.91 Å². The molecule has 0 aliphatic carbocycles. The third-order valence-corrected chi connectivity index (χ3v) is 6.16. The van der Waals surface area contributed by atoms with Gasteiger partial charge in [-0.3, -0.25) is 9.69 Å². The van der Waals surface area contributed by atoms with Gasteiger partial charge in [-0.2, -0.15) is 0 Å². The lowest BCUT2D eigenvalue weighted by Crippen LogP contribution is -2.30. The lowest BCUT2D eigenvalue weighted by molar-refractivity contribution is 0.0982. The highest BCUT2D eigenvalue weighted by Gasteiger charge is 2.24. The Hall–Kier alpha value is -2.41. The zero-order valence-corrected chi connectivity index (χ0v) is 18.6. The second kappa shape index (κ2) is 8.53. The Labute approximate surface area is 185 Å². The van der Waals surface area contributed by atoms with E-state index in [1.165, 1.54) is 18.4 Å². The van der Waals surface area contributed by atoms with Crippen molar-refractivity contribution in [1.82, 2.24) is 4.98 Å². The maximum Gasteiger partial charge on any atom is 0.264 e. The van der Waals surface area contributed by atoms with Crippen LogP contribution in [0, 0.1) is 0 Å². The molecule has 146 valence electrons. The van der Waals surface area contributed by atoms with Crippen molar-refractivity contribution in [1.29, 1.82) is 0 Å². The summed E-state index contributed by atoms with van der Waals surface area (Å²) in [5, 5.41) is 1.09. The maximum atomic E-state index is 13.6. The molecule has 3 aromatic carbocycles. The van der Waals surface area contributed by atoms with Crippen LogP contribution in [0.25, 0.3) is 10.2 Å². The van der Waals surface area contributed by atoms with Crippen molar-refractivity contribution >= 4 is 60.1 Å². The average Bonchev–Trinajstić information content (AvgIpc) is 3.15. The van der Waals surface area contributed by atoms with E-state index in [0.29, 0.717) is 28.0 Å². The molecule has 29 heavy (non-hydrogen) atoms. The number of halogens is 2. The van der Waals surface area contributed by atoms with Crippen LogP contribution >= 0.6 is 38.9 Å². The second-order valence-electron chi connectivity index (χ2n) is 6.33. The molecule has 0 N–H and O–H groups in total. The van der Waals surface area contributed by atoms with Gasteiger partial charge in [0.15, 0.2) is 5.13 Å². The third-order valence-electron chi connectivity index (χ3n) is 4.39. The monoisotopic (exact) mass is 486 g/mol. The predicted octanol–water partition coefficient (Wildman–Crippen LogP) is 6.57. The zero-order valence-electron chi connectivity index (χ0n) is 15.4. The normalized spacial score (nSPS) is 10.9. The molecule has 0 bridgehead atoms. The summed E-state index contributed by atoms with van der Waals surface area (Å²) >= 11 is 11.1. The fourth-order valence-corrected chi connectivity index (χ4v) is 4.67. The van der Waals surface area contributed by atoms with Gasteiger partial charge in [0.05, 0.1) is 29.4 Å². The largest absolute Gasteiger partial charge is 0.496 e. The summed E-state index contributed by atoms with van der Waals surface area (Å²) in [6, 6.07) is 20.7. The molecule has 0 spiro atoms. The first-order chi connectivity index (χ1) is 14.0. The lowest BCUT2D eigenvalue weighted by Gasteiger charge is -2.21.